The van der Waals surface area contributed by atoms with Crippen LogP contribution in [0.25, 0.3) is 0 Å². The van der Waals surface area contributed by atoms with E-state index in [0.29, 0.717) is 25.2 Å². The Labute approximate surface area is 121 Å². The minimum Gasteiger partial charge on any atom is -0.379 e. The third kappa shape index (κ3) is 3.00. The second-order valence-corrected chi connectivity index (χ2v) is 6.46. The maximum Gasteiger partial charge on any atom is 0.227 e. The molecule has 0 aromatic carbocycles. The number of hydrogen-bond donors (Lipinski definition) is 2. The van der Waals surface area contributed by atoms with Crippen LogP contribution in [-0.2, 0) is 9.53 Å². The smallest absolute Gasteiger partial charge is 0.227 e. The molecule has 114 valence electrons. The summed E-state index contributed by atoms with van der Waals surface area (Å²) in [5.41, 5.74) is 0. The fraction of sp³-hybridized carbons (Fsp3) is 0.933. The number of nitrogens with one attached hydrogen (secondary N) is 2. The molecule has 2 bridgehead atoms. The lowest BCUT2D eigenvalue weighted by Gasteiger charge is -2.45. The van der Waals surface area contributed by atoms with Gasteiger partial charge in [0.15, 0.2) is 0 Å². The van der Waals surface area contributed by atoms with E-state index in [4.69, 9.17) is 4.74 Å². The summed E-state index contributed by atoms with van der Waals surface area (Å²) in [5.74, 6) is 0.861. The molecule has 5 nitrogen and oxygen atoms in total. The van der Waals surface area contributed by atoms with E-state index in [1.807, 2.05) is 0 Å². The van der Waals surface area contributed by atoms with Crippen LogP contribution in [0.15, 0.2) is 0 Å². The first kappa shape index (κ1) is 14.3. The van der Waals surface area contributed by atoms with Crippen molar-refractivity contribution in [2.24, 2.45) is 11.8 Å². The van der Waals surface area contributed by atoms with Crippen molar-refractivity contribution in [2.45, 2.75) is 38.3 Å². The summed E-state index contributed by atoms with van der Waals surface area (Å²) in [6.07, 6.45) is 3.57. The molecule has 4 fully saturated rings. The molecule has 1 amide bonds. The molecule has 0 aliphatic carbocycles. The highest BCUT2D eigenvalue weighted by Gasteiger charge is 2.38. The minimum absolute atomic E-state index is 0.0167. The van der Waals surface area contributed by atoms with Crippen LogP contribution >= 0.6 is 0 Å². The molecule has 2 N–H and O–H groups in total. The van der Waals surface area contributed by atoms with Gasteiger partial charge in [-0.15, -0.1) is 0 Å². The fourth-order valence-corrected chi connectivity index (χ4v) is 3.76. The highest BCUT2D eigenvalue weighted by Crippen LogP contribution is 2.28. The topological polar surface area (TPSA) is 53.6 Å². The molecular weight excluding hydrogens is 254 g/mol. The van der Waals surface area contributed by atoms with Crippen molar-refractivity contribution in [3.8, 4) is 0 Å². The SMILES string of the molecule is CCCNC1COCC1C(=O)NC1CN2CCC1CC2. The van der Waals surface area contributed by atoms with Gasteiger partial charge in [-0.05, 0) is 44.8 Å². The van der Waals surface area contributed by atoms with Gasteiger partial charge in [0.05, 0.1) is 19.1 Å². The van der Waals surface area contributed by atoms with Crippen LogP contribution in [0.5, 0.6) is 0 Å². The second-order valence-electron chi connectivity index (χ2n) is 6.46. The number of carbonyl (C=O) groups excluding carboxylic acids is 1. The summed E-state index contributed by atoms with van der Waals surface area (Å²) in [7, 11) is 0. The highest BCUT2D eigenvalue weighted by atomic mass is 16.5. The molecule has 4 heterocycles. The number of piperidine rings is 3. The Kier molecular flexibility index (Phi) is 4.58. The summed E-state index contributed by atoms with van der Waals surface area (Å²) < 4.78 is 5.51. The molecule has 4 aliphatic rings. The standard InChI is InChI=1S/C15H27N3O2/c1-2-5-16-14-10-20-9-12(14)15(19)17-13-8-18-6-3-11(13)4-7-18/h11-14,16H,2-10H2,1H3,(H,17,19). The summed E-state index contributed by atoms with van der Waals surface area (Å²) in [5, 5.41) is 6.74. The summed E-state index contributed by atoms with van der Waals surface area (Å²) >= 11 is 0. The maximum absolute atomic E-state index is 12.5. The molecule has 4 saturated heterocycles. The van der Waals surface area contributed by atoms with Crippen LogP contribution in [-0.4, -0.2) is 62.3 Å². The first-order valence-corrected chi connectivity index (χ1v) is 8.11. The zero-order valence-electron chi connectivity index (χ0n) is 12.4. The van der Waals surface area contributed by atoms with Gasteiger partial charge in [-0.25, -0.2) is 0 Å². The first-order valence-electron chi connectivity index (χ1n) is 8.11. The fourth-order valence-electron chi connectivity index (χ4n) is 3.76. The summed E-state index contributed by atoms with van der Waals surface area (Å²) in [6.45, 7) is 7.79. The predicted octanol–water partition coefficient (Wildman–Crippen LogP) is 0.211. The number of fused-ring (bicyclic) bond motifs is 3. The molecule has 0 spiro atoms. The average molecular weight is 281 g/mol. The van der Waals surface area contributed by atoms with Crippen molar-refractivity contribution < 1.29 is 9.53 Å². The van der Waals surface area contributed by atoms with Crippen LogP contribution in [0.3, 0.4) is 0 Å². The first-order chi connectivity index (χ1) is 9.78. The number of carbonyl (C=O) groups is 1. The largest absolute Gasteiger partial charge is 0.379 e. The Morgan fingerprint density at radius 1 is 1.25 bits per heavy atom. The monoisotopic (exact) mass is 281 g/mol. The van der Waals surface area contributed by atoms with Crippen LogP contribution in [0.2, 0.25) is 0 Å². The summed E-state index contributed by atoms with van der Waals surface area (Å²) in [6, 6.07) is 0.549. The molecule has 0 aromatic heterocycles. The van der Waals surface area contributed by atoms with Gasteiger partial charge in [-0.1, -0.05) is 6.92 Å². The van der Waals surface area contributed by atoms with Crippen LogP contribution in [0.1, 0.15) is 26.2 Å². The van der Waals surface area contributed by atoms with Gasteiger partial charge in [-0.2, -0.15) is 0 Å². The third-order valence-corrected chi connectivity index (χ3v) is 5.06. The molecule has 4 rings (SSSR count). The minimum atomic E-state index is -0.0167. The lowest BCUT2D eigenvalue weighted by molar-refractivity contribution is -0.127. The van der Waals surface area contributed by atoms with Crippen LogP contribution in [0, 0.1) is 11.8 Å². The van der Waals surface area contributed by atoms with E-state index in [1.54, 1.807) is 0 Å². The maximum atomic E-state index is 12.5. The van der Waals surface area contributed by atoms with E-state index in [-0.39, 0.29) is 17.9 Å². The van der Waals surface area contributed by atoms with Crippen molar-refractivity contribution in [2.75, 3.05) is 39.4 Å². The van der Waals surface area contributed by atoms with E-state index in [2.05, 4.69) is 22.5 Å². The molecule has 0 radical (unpaired) electrons. The van der Waals surface area contributed by atoms with Crippen LogP contribution in [0.4, 0.5) is 0 Å². The van der Waals surface area contributed by atoms with Gasteiger partial charge < -0.3 is 20.3 Å². The van der Waals surface area contributed by atoms with Crippen molar-refractivity contribution in [3.05, 3.63) is 0 Å². The zero-order chi connectivity index (χ0) is 13.9. The molecule has 3 atom stereocenters. The molecule has 3 unspecified atom stereocenters. The zero-order valence-corrected chi connectivity index (χ0v) is 12.4. The quantitative estimate of drug-likeness (QED) is 0.756. The van der Waals surface area contributed by atoms with Gasteiger partial charge in [-0.3, -0.25) is 4.79 Å². The van der Waals surface area contributed by atoms with E-state index < -0.39 is 0 Å². The van der Waals surface area contributed by atoms with E-state index in [0.717, 1.165) is 19.5 Å². The van der Waals surface area contributed by atoms with E-state index in [9.17, 15) is 4.79 Å². The van der Waals surface area contributed by atoms with Crippen molar-refractivity contribution in [1.82, 2.24) is 15.5 Å². The van der Waals surface area contributed by atoms with Gasteiger partial charge in [0.25, 0.3) is 0 Å². The van der Waals surface area contributed by atoms with Crippen LogP contribution < -0.4 is 10.6 Å². The van der Waals surface area contributed by atoms with Crippen molar-refractivity contribution in [3.63, 3.8) is 0 Å². The number of hydrogen-bond acceptors (Lipinski definition) is 4. The number of ether oxygens (including phenoxy) is 1. The highest BCUT2D eigenvalue weighted by molar-refractivity contribution is 5.80. The lowest BCUT2D eigenvalue weighted by atomic mass is 9.83. The Morgan fingerprint density at radius 2 is 2.05 bits per heavy atom. The molecule has 20 heavy (non-hydrogen) atoms. The lowest BCUT2D eigenvalue weighted by Crippen LogP contribution is -2.59. The Balaban J connectivity index is 1.53. The number of rotatable bonds is 5. The molecule has 0 aromatic rings. The summed E-state index contributed by atoms with van der Waals surface area (Å²) in [4.78, 5) is 15.0. The average Bonchev–Trinajstić information content (AvgIpc) is 2.95. The normalized spacial score (nSPS) is 40.0. The molecule has 4 aliphatic heterocycles. The van der Waals surface area contributed by atoms with E-state index in [1.165, 1.54) is 25.9 Å². The Hall–Kier alpha value is -0.650. The van der Waals surface area contributed by atoms with Gasteiger partial charge >= 0.3 is 0 Å². The second kappa shape index (κ2) is 6.41. The predicted molar refractivity (Wildman–Crippen MR) is 77.5 cm³/mol. The Morgan fingerprint density at radius 3 is 2.70 bits per heavy atom. The third-order valence-electron chi connectivity index (χ3n) is 5.06. The van der Waals surface area contributed by atoms with Gasteiger partial charge in [0.2, 0.25) is 5.91 Å². The van der Waals surface area contributed by atoms with Crippen molar-refractivity contribution in [1.29, 1.82) is 0 Å². The van der Waals surface area contributed by atoms with Gasteiger partial charge in [0, 0.05) is 18.6 Å². The molecule has 5 heteroatoms. The number of nitrogens with zero attached hydrogens (tertiary/aromatic N) is 1. The van der Waals surface area contributed by atoms with Gasteiger partial charge in [0.1, 0.15) is 0 Å². The molecular formula is C15H27N3O2. The number of amides is 1. The van der Waals surface area contributed by atoms with Crippen molar-refractivity contribution >= 4 is 5.91 Å². The Bertz CT molecular complexity index is 342. The van der Waals surface area contributed by atoms with E-state index >= 15 is 0 Å². The molecule has 0 saturated carbocycles.